The van der Waals surface area contributed by atoms with Crippen molar-refractivity contribution in [2.75, 3.05) is 13.6 Å². The van der Waals surface area contributed by atoms with Crippen molar-refractivity contribution in [2.45, 2.75) is 38.1 Å². The van der Waals surface area contributed by atoms with Gasteiger partial charge in [-0.2, -0.15) is 0 Å². The van der Waals surface area contributed by atoms with Crippen molar-refractivity contribution >= 4 is 5.97 Å². The van der Waals surface area contributed by atoms with Gasteiger partial charge in [-0.05, 0) is 50.4 Å². The molecule has 3 nitrogen and oxygen atoms in total. The van der Waals surface area contributed by atoms with Gasteiger partial charge in [0.15, 0.2) is 0 Å². The summed E-state index contributed by atoms with van der Waals surface area (Å²) in [5, 5.41) is 9.79. The van der Waals surface area contributed by atoms with Crippen LogP contribution < -0.4 is 0 Å². The molecule has 1 aliphatic rings. The van der Waals surface area contributed by atoms with E-state index in [-0.39, 0.29) is 0 Å². The van der Waals surface area contributed by atoms with Gasteiger partial charge in [-0.15, -0.1) is 0 Å². The molecule has 98 valence electrons. The van der Waals surface area contributed by atoms with Crippen LogP contribution in [-0.4, -0.2) is 29.6 Å². The molecule has 0 saturated carbocycles. The minimum atomic E-state index is -0.829. The van der Waals surface area contributed by atoms with Gasteiger partial charge in [0.25, 0.3) is 0 Å². The van der Waals surface area contributed by atoms with Gasteiger partial charge in [0.1, 0.15) is 5.54 Å². The van der Waals surface area contributed by atoms with Crippen LogP contribution in [0.15, 0.2) is 24.3 Å². The van der Waals surface area contributed by atoms with Crippen LogP contribution in [0.5, 0.6) is 0 Å². The fraction of sp³-hybridized carbons (Fsp3) is 0.533. The Bertz CT molecular complexity index is 444. The fourth-order valence-electron chi connectivity index (χ4n) is 3.12. The summed E-state index contributed by atoms with van der Waals surface area (Å²) in [6.45, 7) is 2.89. The number of rotatable bonds is 4. The average Bonchev–Trinajstić information content (AvgIpc) is 2.37. The monoisotopic (exact) mass is 247 g/mol. The first-order chi connectivity index (χ1) is 8.63. The van der Waals surface area contributed by atoms with E-state index in [0.717, 1.165) is 31.4 Å². The van der Waals surface area contributed by atoms with Gasteiger partial charge in [-0.3, -0.25) is 4.90 Å². The minimum absolute atomic E-state index is 0.704. The van der Waals surface area contributed by atoms with Gasteiger partial charge in [-0.1, -0.05) is 31.2 Å². The summed E-state index contributed by atoms with van der Waals surface area (Å²) >= 11 is 0. The highest BCUT2D eigenvalue weighted by Crippen LogP contribution is 2.39. The minimum Gasteiger partial charge on any atom is -0.480 e. The van der Waals surface area contributed by atoms with Gasteiger partial charge >= 0.3 is 5.97 Å². The van der Waals surface area contributed by atoms with E-state index in [9.17, 15) is 9.90 Å². The van der Waals surface area contributed by atoms with Crippen molar-refractivity contribution in [3.63, 3.8) is 0 Å². The molecule has 3 heteroatoms. The van der Waals surface area contributed by atoms with E-state index in [2.05, 4.69) is 13.0 Å². The van der Waals surface area contributed by atoms with Crippen molar-refractivity contribution in [3.05, 3.63) is 35.4 Å². The Morgan fingerprint density at radius 2 is 2.17 bits per heavy atom. The summed E-state index contributed by atoms with van der Waals surface area (Å²) in [4.78, 5) is 13.9. The quantitative estimate of drug-likeness (QED) is 0.889. The molecule has 1 N–H and O–H groups in total. The summed E-state index contributed by atoms with van der Waals surface area (Å²) in [5.74, 6) is -0.717. The second-order valence-electron chi connectivity index (χ2n) is 5.10. The smallest absolute Gasteiger partial charge is 0.328 e. The summed E-state index contributed by atoms with van der Waals surface area (Å²) in [7, 11) is 1.93. The molecule has 0 radical (unpaired) electrons. The number of fused-ring (bicyclic) bond motifs is 1. The summed E-state index contributed by atoms with van der Waals surface area (Å²) in [5.41, 5.74) is 1.35. The van der Waals surface area contributed by atoms with E-state index in [1.54, 1.807) is 0 Å². The third-order valence-corrected chi connectivity index (χ3v) is 4.01. The standard InChI is InChI=1S/C15H21NO2/c1-3-11-16(2)15(14(17)18)10-6-8-12-7-4-5-9-13(12)15/h4-5,7,9H,3,6,8,10-11H2,1-2H3,(H,17,18). The Morgan fingerprint density at radius 1 is 1.44 bits per heavy atom. The van der Waals surface area contributed by atoms with Crippen LogP contribution in [0.1, 0.15) is 37.3 Å². The number of carboxylic acids is 1. The molecule has 0 spiro atoms. The van der Waals surface area contributed by atoms with Gasteiger partial charge in [0.2, 0.25) is 0 Å². The van der Waals surface area contributed by atoms with Gasteiger partial charge in [-0.25, -0.2) is 4.79 Å². The molecule has 1 aliphatic carbocycles. The number of likely N-dealkylation sites (N-methyl/N-ethyl adjacent to an activating group) is 1. The molecule has 0 fully saturated rings. The highest BCUT2D eigenvalue weighted by molar-refractivity contribution is 5.81. The molecule has 0 bridgehead atoms. The number of aryl methyl sites for hydroxylation is 1. The molecule has 1 aromatic rings. The van der Waals surface area contributed by atoms with Crippen molar-refractivity contribution in [1.29, 1.82) is 0 Å². The average molecular weight is 247 g/mol. The number of carbonyl (C=O) groups is 1. The predicted molar refractivity (Wildman–Crippen MR) is 71.6 cm³/mol. The predicted octanol–water partition coefficient (Wildman–Crippen LogP) is 2.64. The number of hydrogen-bond donors (Lipinski definition) is 1. The zero-order chi connectivity index (χ0) is 13.2. The Morgan fingerprint density at radius 3 is 2.83 bits per heavy atom. The van der Waals surface area contributed by atoms with Crippen LogP contribution in [-0.2, 0) is 16.8 Å². The highest BCUT2D eigenvalue weighted by atomic mass is 16.4. The Hall–Kier alpha value is -1.35. The first kappa shape index (κ1) is 13.1. The Labute approximate surface area is 108 Å². The lowest BCUT2D eigenvalue weighted by Crippen LogP contribution is -2.52. The highest BCUT2D eigenvalue weighted by Gasteiger charge is 2.46. The maximum absolute atomic E-state index is 11.9. The molecular weight excluding hydrogens is 226 g/mol. The maximum Gasteiger partial charge on any atom is 0.328 e. The molecule has 2 rings (SSSR count). The first-order valence-electron chi connectivity index (χ1n) is 6.66. The zero-order valence-corrected chi connectivity index (χ0v) is 11.1. The molecular formula is C15H21NO2. The van der Waals surface area contributed by atoms with Crippen LogP contribution in [0, 0.1) is 0 Å². The lowest BCUT2D eigenvalue weighted by molar-refractivity contribution is -0.152. The van der Waals surface area contributed by atoms with Crippen molar-refractivity contribution in [1.82, 2.24) is 4.90 Å². The number of hydrogen-bond acceptors (Lipinski definition) is 2. The topological polar surface area (TPSA) is 40.5 Å². The fourth-order valence-corrected chi connectivity index (χ4v) is 3.12. The van der Waals surface area contributed by atoms with Crippen LogP contribution in [0.4, 0.5) is 0 Å². The number of nitrogens with zero attached hydrogens (tertiary/aromatic N) is 1. The molecule has 1 atom stereocenters. The van der Waals surface area contributed by atoms with E-state index >= 15 is 0 Å². The Kier molecular flexibility index (Phi) is 3.71. The van der Waals surface area contributed by atoms with Crippen LogP contribution >= 0.6 is 0 Å². The maximum atomic E-state index is 11.9. The number of benzene rings is 1. The molecule has 18 heavy (non-hydrogen) atoms. The number of aliphatic carboxylic acids is 1. The molecule has 0 saturated heterocycles. The van der Waals surface area contributed by atoms with Crippen molar-refractivity contribution < 1.29 is 9.90 Å². The van der Waals surface area contributed by atoms with E-state index < -0.39 is 11.5 Å². The SMILES string of the molecule is CCCN(C)C1(C(=O)O)CCCc2ccccc21. The molecule has 0 aromatic heterocycles. The zero-order valence-electron chi connectivity index (χ0n) is 11.1. The normalized spacial score (nSPS) is 22.8. The van der Waals surface area contributed by atoms with Crippen molar-refractivity contribution in [3.8, 4) is 0 Å². The van der Waals surface area contributed by atoms with Gasteiger partial charge in [0, 0.05) is 0 Å². The largest absolute Gasteiger partial charge is 0.480 e. The third-order valence-electron chi connectivity index (χ3n) is 4.01. The summed E-state index contributed by atoms with van der Waals surface area (Å²) in [6, 6.07) is 7.99. The van der Waals surface area contributed by atoms with Crippen LogP contribution in [0.2, 0.25) is 0 Å². The molecule has 0 amide bonds. The molecule has 1 unspecified atom stereocenters. The number of carboxylic acid groups (broad SMARTS) is 1. The van der Waals surface area contributed by atoms with E-state index in [4.69, 9.17) is 0 Å². The second-order valence-corrected chi connectivity index (χ2v) is 5.10. The second kappa shape index (κ2) is 5.11. The lowest BCUT2D eigenvalue weighted by Gasteiger charge is -2.42. The van der Waals surface area contributed by atoms with Crippen LogP contribution in [0.25, 0.3) is 0 Å². The first-order valence-corrected chi connectivity index (χ1v) is 6.66. The van der Waals surface area contributed by atoms with Crippen molar-refractivity contribution in [2.24, 2.45) is 0 Å². The molecule has 0 heterocycles. The van der Waals surface area contributed by atoms with Crippen LogP contribution in [0.3, 0.4) is 0 Å². The van der Waals surface area contributed by atoms with E-state index in [1.807, 2.05) is 30.1 Å². The summed E-state index contributed by atoms with van der Waals surface area (Å²) < 4.78 is 0. The molecule has 0 aliphatic heterocycles. The molecule has 1 aromatic carbocycles. The lowest BCUT2D eigenvalue weighted by atomic mass is 9.75. The van der Waals surface area contributed by atoms with E-state index in [1.165, 1.54) is 5.56 Å². The van der Waals surface area contributed by atoms with Gasteiger partial charge < -0.3 is 5.11 Å². The van der Waals surface area contributed by atoms with Gasteiger partial charge in [0.05, 0.1) is 0 Å². The summed E-state index contributed by atoms with van der Waals surface area (Å²) in [6.07, 6.45) is 3.60. The van der Waals surface area contributed by atoms with E-state index in [0.29, 0.717) is 6.42 Å². The Balaban J connectivity index is 2.52. The third kappa shape index (κ3) is 1.93.